The molecule has 0 atom stereocenters. The molecule has 7 nitrogen and oxygen atoms in total. The van der Waals surface area contributed by atoms with E-state index < -0.39 is 36.5 Å². The summed E-state index contributed by atoms with van der Waals surface area (Å²) in [5.74, 6) is -1.74. The van der Waals surface area contributed by atoms with E-state index in [0.717, 1.165) is 12.1 Å². The first-order valence-corrected chi connectivity index (χ1v) is 12.0. The van der Waals surface area contributed by atoms with Gasteiger partial charge in [0.15, 0.2) is 0 Å². The average molecular weight is 446 g/mol. The molecule has 1 N–H and O–H groups in total. The van der Waals surface area contributed by atoms with Crippen LogP contribution in [0.4, 0.5) is 14.5 Å². The number of piperazine rings is 1. The Kier molecular flexibility index (Phi) is 6.52. The summed E-state index contributed by atoms with van der Waals surface area (Å²) >= 11 is 0. The maximum Gasteiger partial charge on any atom is 0.243 e. The third-order valence-electron chi connectivity index (χ3n) is 4.60. The second-order valence-corrected chi connectivity index (χ2v) is 10.3. The highest BCUT2D eigenvalue weighted by Crippen LogP contribution is 2.21. The molecule has 0 bridgehead atoms. The van der Waals surface area contributed by atoms with Gasteiger partial charge < -0.3 is 4.90 Å². The summed E-state index contributed by atoms with van der Waals surface area (Å²) in [5, 5.41) is 0. The number of nitrogens with one attached hydrogen (secondary N) is 1. The van der Waals surface area contributed by atoms with Gasteiger partial charge in [-0.2, -0.15) is 4.31 Å². The summed E-state index contributed by atoms with van der Waals surface area (Å²) in [6.45, 7) is 0.586. The molecular weight excluding hydrogens is 424 g/mol. The lowest BCUT2D eigenvalue weighted by Crippen LogP contribution is -2.50. The summed E-state index contributed by atoms with van der Waals surface area (Å²) in [7, 11) is -7.87. The van der Waals surface area contributed by atoms with Gasteiger partial charge in [-0.15, -0.1) is 0 Å². The Balaban J connectivity index is 1.56. The van der Waals surface area contributed by atoms with Crippen LogP contribution in [0.5, 0.6) is 0 Å². The van der Waals surface area contributed by atoms with Gasteiger partial charge >= 0.3 is 0 Å². The molecule has 2 aromatic carbocycles. The standard InChI is InChI=1S/C18H21F2N3O4S2/c19-15-5-1-3-7-17(15)22-10-12-23(13-11-22)28(24,25)14-9-21-29(26,27)18-8-4-2-6-16(18)20/h1-8,21H,9-14H2. The van der Waals surface area contributed by atoms with Gasteiger partial charge in [-0.1, -0.05) is 24.3 Å². The summed E-state index contributed by atoms with van der Waals surface area (Å²) in [6.07, 6.45) is 0. The fourth-order valence-electron chi connectivity index (χ4n) is 3.09. The van der Waals surface area contributed by atoms with Gasteiger partial charge in [0.25, 0.3) is 0 Å². The molecule has 0 amide bonds. The Hall–Kier alpha value is -2.08. The van der Waals surface area contributed by atoms with Crippen LogP contribution in [-0.4, -0.2) is 59.6 Å². The van der Waals surface area contributed by atoms with E-state index in [4.69, 9.17) is 0 Å². The third kappa shape index (κ3) is 5.10. The lowest BCUT2D eigenvalue weighted by atomic mass is 10.2. The minimum atomic E-state index is -4.15. The second-order valence-electron chi connectivity index (χ2n) is 6.48. The minimum absolute atomic E-state index is 0.163. The molecule has 11 heteroatoms. The quantitative estimate of drug-likeness (QED) is 0.696. The van der Waals surface area contributed by atoms with Gasteiger partial charge in [0, 0.05) is 32.7 Å². The summed E-state index contributed by atoms with van der Waals surface area (Å²) in [4.78, 5) is 1.23. The van der Waals surface area contributed by atoms with E-state index in [0.29, 0.717) is 18.8 Å². The van der Waals surface area contributed by atoms with Crippen molar-refractivity contribution >= 4 is 25.7 Å². The molecule has 29 heavy (non-hydrogen) atoms. The van der Waals surface area contributed by atoms with Crippen molar-refractivity contribution in [2.45, 2.75) is 4.90 Å². The van der Waals surface area contributed by atoms with E-state index in [-0.39, 0.29) is 25.5 Å². The molecule has 1 heterocycles. The fraction of sp³-hybridized carbons (Fsp3) is 0.333. The van der Waals surface area contributed by atoms with Crippen LogP contribution in [0.3, 0.4) is 0 Å². The number of hydrogen-bond acceptors (Lipinski definition) is 5. The molecule has 2 aromatic rings. The number of nitrogens with zero attached hydrogens (tertiary/aromatic N) is 2. The van der Waals surface area contributed by atoms with Gasteiger partial charge in [0.1, 0.15) is 16.5 Å². The van der Waals surface area contributed by atoms with Crippen molar-refractivity contribution in [1.29, 1.82) is 0 Å². The molecule has 1 saturated heterocycles. The molecule has 3 rings (SSSR count). The fourth-order valence-corrected chi connectivity index (χ4v) is 5.67. The molecule has 158 valence electrons. The van der Waals surface area contributed by atoms with Crippen LogP contribution in [0.1, 0.15) is 0 Å². The van der Waals surface area contributed by atoms with Crippen molar-refractivity contribution < 1.29 is 25.6 Å². The van der Waals surface area contributed by atoms with Crippen LogP contribution in [0.25, 0.3) is 0 Å². The highest BCUT2D eigenvalue weighted by molar-refractivity contribution is 7.90. The highest BCUT2D eigenvalue weighted by Gasteiger charge is 2.28. The van der Waals surface area contributed by atoms with Gasteiger partial charge in [0.05, 0.1) is 11.4 Å². The van der Waals surface area contributed by atoms with E-state index in [1.807, 2.05) is 0 Å². The smallest absolute Gasteiger partial charge is 0.243 e. The predicted octanol–water partition coefficient (Wildman–Crippen LogP) is 1.40. The number of para-hydroxylation sites is 1. The summed E-state index contributed by atoms with van der Waals surface area (Å²) in [6, 6.07) is 11.1. The highest BCUT2D eigenvalue weighted by atomic mass is 32.2. The largest absolute Gasteiger partial charge is 0.367 e. The average Bonchev–Trinajstić information content (AvgIpc) is 2.68. The van der Waals surface area contributed by atoms with Crippen molar-refractivity contribution in [3.05, 3.63) is 60.2 Å². The first kappa shape index (κ1) is 21.6. The van der Waals surface area contributed by atoms with Gasteiger partial charge in [0.2, 0.25) is 20.0 Å². The predicted molar refractivity (Wildman–Crippen MR) is 106 cm³/mol. The monoisotopic (exact) mass is 445 g/mol. The van der Waals surface area contributed by atoms with Crippen molar-refractivity contribution in [3.63, 3.8) is 0 Å². The Morgan fingerprint density at radius 3 is 2.03 bits per heavy atom. The van der Waals surface area contributed by atoms with Gasteiger partial charge in [-0.3, -0.25) is 0 Å². The maximum atomic E-state index is 13.9. The normalized spacial score (nSPS) is 16.1. The zero-order chi connectivity index (χ0) is 21.1. The van der Waals surface area contributed by atoms with Crippen molar-refractivity contribution in [2.75, 3.05) is 43.4 Å². The number of benzene rings is 2. The van der Waals surface area contributed by atoms with E-state index in [1.54, 1.807) is 23.1 Å². The molecule has 0 aromatic heterocycles. The van der Waals surface area contributed by atoms with E-state index in [2.05, 4.69) is 4.72 Å². The molecule has 0 spiro atoms. The Morgan fingerprint density at radius 2 is 1.41 bits per heavy atom. The lowest BCUT2D eigenvalue weighted by Gasteiger charge is -2.35. The molecule has 1 aliphatic rings. The molecule has 0 unspecified atom stereocenters. The lowest BCUT2D eigenvalue weighted by molar-refractivity contribution is 0.383. The zero-order valence-electron chi connectivity index (χ0n) is 15.5. The molecule has 0 aliphatic carbocycles. The number of sulfonamides is 2. The van der Waals surface area contributed by atoms with Gasteiger partial charge in [-0.05, 0) is 24.3 Å². The Labute approximate surface area is 169 Å². The van der Waals surface area contributed by atoms with Gasteiger partial charge in [-0.25, -0.2) is 30.3 Å². The SMILES string of the molecule is O=S(=O)(NCCS(=O)(=O)N1CCN(c2ccccc2F)CC1)c1ccccc1F. The second kappa shape index (κ2) is 8.74. The first-order chi connectivity index (χ1) is 13.7. The minimum Gasteiger partial charge on any atom is -0.367 e. The number of hydrogen-bond donors (Lipinski definition) is 1. The molecule has 0 radical (unpaired) electrons. The molecule has 1 fully saturated rings. The third-order valence-corrected chi connectivity index (χ3v) is 7.97. The summed E-state index contributed by atoms with van der Waals surface area (Å²) in [5.41, 5.74) is 0.419. The zero-order valence-corrected chi connectivity index (χ0v) is 17.1. The maximum absolute atomic E-state index is 13.9. The van der Waals surface area contributed by atoms with E-state index in [1.165, 1.54) is 22.5 Å². The van der Waals surface area contributed by atoms with Crippen LogP contribution in [0, 0.1) is 11.6 Å². The Morgan fingerprint density at radius 1 is 0.828 bits per heavy atom. The van der Waals surface area contributed by atoms with Crippen molar-refractivity contribution in [2.24, 2.45) is 0 Å². The number of halogens is 2. The molecular formula is C18H21F2N3O4S2. The number of anilines is 1. The van der Waals surface area contributed by atoms with Crippen LogP contribution in [0.2, 0.25) is 0 Å². The van der Waals surface area contributed by atoms with Crippen LogP contribution in [-0.2, 0) is 20.0 Å². The van der Waals surface area contributed by atoms with Crippen LogP contribution < -0.4 is 9.62 Å². The topological polar surface area (TPSA) is 86.8 Å². The first-order valence-electron chi connectivity index (χ1n) is 8.92. The molecule has 0 saturated carbocycles. The van der Waals surface area contributed by atoms with E-state index in [9.17, 15) is 25.6 Å². The van der Waals surface area contributed by atoms with Crippen LogP contribution in [0.15, 0.2) is 53.4 Å². The Bertz CT molecular complexity index is 1070. The number of rotatable bonds is 7. The van der Waals surface area contributed by atoms with Crippen LogP contribution >= 0.6 is 0 Å². The molecule has 1 aliphatic heterocycles. The van der Waals surface area contributed by atoms with E-state index >= 15 is 0 Å². The van der Waals surface area contributed by atoms with Crippen molar-refractivity contribution in [3.8, 4) is 0 Å². The van der Waals surface area contributed by atoms with Crippen molar-refractivity contribution in [1.82, 2.24) is 9.03 Å². The summed E-state index contributed by atoms with van der Waals surface area (Å²) < 4.78 is 80.2.